The zero-order valence-corrected chi connectivity index (χ0v) is 10.3. The molecular formula is C12H15N5O2. The third-order valence-corrected chi connectivity index (χ3v) is 2.30. The average Bonchev–Trinajstić information content (AvgIpc) is 2.90. The van der Waals surface area contributed by atoms with Gasteiger partial charge in [0.1, 0.15) is 18.9 Å². The van der Waals surface area contributed by atoms with Gasteiger partial charge in [-0.05, 0) is 24.3 Å². The van der Waals surface area contributed by atoms with E-state index in [-0.39, 0.29) is 12.5 Å². The molecule has 0 aliphatic rings. The smallest absolute Gasteiger partial charge is 0.246 e. The lowest BCUT2D eigenvalue weighted by molar-refractivity contribution is -0.116. The Morgan fingerprint density at radius 3 is 2.79 bits per heavy atom. The molecule has 0 spiro atoms. The van der Waals surface area contributed by atoms with Gasteiger partial charge in [-0.3, -0.25) is 4.79 Å². The predicted molar refractivity (Wildman–Crippen MR) is 69.6 cm³/mol. The molecule has 1 aromatic carbocycles. The van der Waals surface area contributed by atoms with Gasteiger partial charge >= 0.3 is 0 Å². The molecule has 0 fully saturated rings. The molecule has 1 amide bonds. The van der Waals surface area contributed by atoms with Gasteiger partial charge in [-0.15, -0.1) is 5.10 Å². The van der Waals surface area contributed by atoms with Crippen molar-refractivity contribution < 1.29 is 9.53 Å². The highest BCUT2D eigenvalue weighted by atomic mass is 16.5. The number of aromatic nitrogens is 3. The molecule has 0 aliphatic heterocycles. The number of anilines is 1. The highest BCUT2D eigenvalue weighted by molar-refractivity contribution is 5.90. The fourth-order valence-corrected chi connectivity index (χ4v) is 1.48. The van der Waals surface area contributed by atoms with Gasteiger partial charge in [0.2, 0.25) is 5.91 Å². The number of nitrogens with zero attached hydrogens (tertiary/aromatic N) is 3. The molecule has 0 bridgehead atoms. The van der Waals surface area contributed by atoms with E-state index >= 15 is 0 Å². The summed E-state index contributed by atoms with van der Waals surface area (Å²) < 4.78 is 6.79. The topological polar surface area (TPSA) is 95.1 Å². The van der Waals surface area contributed by atoms with E-state index in [1.54, 1.807) is 30.5 Å². The van der Waals surface area contributed by atoms with Crippen molar-refractivity contribution in [2.75, 3.05) is 18.5 Å². The Kier molecular flexibility index (Phi) is 4.46. The number of carbonyl (C=O) groups is 1. The minimum atomic E-state index is -0.166. The van der Waals surface area contributed by atoms with Crippen molar-refractivity contribution in [1.29, 1.82) is 0 Å². The predicted octanol–water partition coefficient (Wildman–Crippen LogP) is 0.254. The van der Waals surface area contributed by atoms with Gasteiger partial charge in [0.25, 0.3) is 0 Å². The first kappa shape index (κ1) is 13.0. The van der Waals surface area contributed by atoms with Gasteiger partial charge in [-0.25, -0.2) is 4.68 Å². The van der Waals surface area contributed by atoms with Crippen LogP contribution in [-0.2, 0) is 11.3 Å². The minimum Gasteiger partial charge on any atom is -0.492 e. The molecule has 19 heavy (non-hydrogen) atoms. The van der Waals surface area contributed by atoms with Crippen molar-refractivity contribution in [3.63, 3.8) is 0 Å². The first-order valence-electron chi connectivity index (χ1n) is 5.85. The lowest BCUT2D eigenvalue weighted by atomic mass is 10.3. The Hall–Kier alpha value is -2.41. The summed E-state index contributed by atoms with van der Waals surface area (Å²) in [4.78, 5) is 11.7. The maximum Gasteiger partial charge on any atom is 0.246 e. The van der Waals surface area contributed by atoms with E-state index in [0.717, 1.165) is 5.75 Å². The zero-order valence-electron chi connectivity index (χ0n) is 10.3. The van der Waals surface area contributed by atoms with Crippen LogP contribution in [0.4, 0.5) is 5.69 Å². The number of ether oxygens (including phenoxy) is 1. The molecule has 7 heteroatoms. The molecule has 0 atom stereocenters. The summed E-state index contributed by atoms with van der Waals surface area (Å²) in [6, 6.07) is 7.09. The summed E-state index contributed by atoms with van der Waals surface area (Å²) in [5.74, 6) is 0.556. The number of amides is 1. The quantitative estimate of drug-likeness (QED) is 0.777. The molecule has 7 nitrogen and oxygen atoms in total. The third kappa shape index (κ3) is 4.07. The summed E-state index contributed by atoms with van der Waals surface area (Å²) in [5.41, 5.74) is 6.04. The van der Waals surface area contributed by atoms with Crippen molar-refractivity contribution in [2.24, 2.45) is 5.73 Å². The Balaban J connectivity index is 1.86. The summed E-state index contributed by atoms with van der Waals surface area (Å²) in [6.45, 7) is 1.07. The number of nitrogens with one attached hydrogen (secondary N) is 1. The van der Waals surface area contributed by atoms with E-state index in [1.165, 1.54) is 10.9 Å². The SMILES string of the molecule is NCCOc1ccc(NC(=O)Cn2ccnn2)cc1. The van der Waals surface area contributed by atoms with Crippen LogP contribution in [-0.4, -0.2) is 34.1 Å². The van der Waals surface area contributed by atoms with Crippen LogP contribution in [0.15, 0.2) is 36.7 Å². The molecule has 0 radical (unpaired) electrons. The van der Waals surface area contributed by atoms with E-state index in [9.17, 15) is 4.79 Å². The molecule has 1 aromatic heterocycles. The second kappa shape index (κ2) is 6.50. The second-order valence-corrected chi connectivity index (χ2v) is 3.81. The number of benzene rings is 1. The Labute approximate surface area is 110 Å². The van der Waals surface area contributed by atoms with Crippen molar-refractivity contribution in [2.45, 2.75) is 6.54 Å². The van der Waals surface area contributed by atoms with Crippen molar-refractivity contribution in [1.82, 2.24) is 15.0 Å². The maximum atomic E-state index is 11.7. The zero-order chi connectivity index (χ0) is 13.5. The third-order valence-electron chi connectivity index (χ3n) is 2.30. The molecule has 3 N–H and O–H groups in total. The standard InChI is InChI=1S/C12H15N5O2/c13-5-8-19-11-3-1-10(2-4-11)15-12(18)9-17-7-6-14-16-17/h1-4,6-7H,5,8-9,13H2,(H,15,18). The minimum absolute atomic E-state index is 0.130. The highest BCUT2D eigenvalue weighted by Gasteiger charge is 2.04. The largest absolute Gasteiger partial charge is 0.492 e. The summed E-state index contributed by atoms with van der Waals surface area (Å²) in [7, 11) is 0. The Morgan fingerprint density at radius 1 is 1.37 bits per heavy atom. The van der Waals surface area contributed by atoms with Crippen LogP contribution in [0.25, 0.3) is 0 Å². The lowest BCUT2D eigenvalue weighted by Gasteiger charge is -2.07. The number of rotatable bonds is 6. The monoisotopic (exact) mass is 261 g/mol. The van der Waals surface area contributed by atoms with E-state index < -0.39 is 0 Å². The van der Waals surface area contributed by atoms with Crippen LogP contribution in [0.1, 0.15) is 0 Å². The summed E-state index contributed by atoms with van der Waals surface area (Å²) in [5, 5.41) is 10.1. The van der Waals surface area contributed by atoms with Gasteiger partial charge in [0, 0.05) is 18.4 Å². The van der Waals surface area contributed by atoms with Crippen LogP contribution >= 0.6 is 0 Å². The van der Waals surface area contributed by atoms with Gasteiger partial charge in [-0.1, -0.05) is 5.21 Å². The van der Waals surface area contributed by atoms with E-state index in [2.05, 4.69) is 15.6 Å². The Morgan fingerprint density at radius 2 is 2.16 bits per heavy atom. The van der Waals surface area contributed by atoms with Crippen LogP contribution < -0.4 is 15.8 Å². The summed E-state index contributed by atoms with van der Waals surface area (Å²) in [6.07, 6.45) is 3.15. The second-order valence-electron chi connectivity index (χ2n) is 3.81. The average molecular weight is 261 g/mol. The van der Waals surface area contributed by atoms with E-state index in [0.29, 0.717) is 18.8 Å². The normalized spacial score (nSPS) is 10.2. The fourth-order valence-electron chi connectivity index (χ4n) is 1.48. The van der Waals surface area contributed by atoms with Crippen LogP contribution in [0.3, 0.4) is 0 Å². The molecule has 0 saturated heterocycles. The molecule has 0 aliphatic carbocycles. The number of nitrogens with two attached hydrogens (primary N) is 1. The van der Waals surface area contributed by atoms with Crippen molar-refractivity contribution in [3.8, 4) is 5.75 Å². The van der Waals surface area contributed by atoms with E-state index in [1.807, 2.05) is 0 Å². The van der Waals surface area contributed by atoms with Gasteiger partial charge in [0.15, 0.2) is 0 Å². The van der Waals surface area contributed by atoms with E-state index in [4.69, 9.17) is 10.5 Å². The molecule has 100 valence electrons. The molecule has 2 rings (SSSR count). The highest BCUT2D eigenvalue weighted by Crippen LogP contribution is 2.15. The fraction of sp³-hybridized carbons (Fsp3) is 0.250. The first-order valence-corrected chi connectivity index (χ1v) is 5.85. The molecule has 2 aromatic rings. The maximum absolute atomic E-state index is 11.7. The molecule has 1 heterocycles. The Bertz CT molecular complexity index is 509. The summed E-state index contributed by atoms with van der Waals surface area (Å²) >= 11 is 0. The van der Waals surface area contributed by atoms with Crippen molar-refractivity contribution >= 4 is 11.6 Å². The number of hydrogen-bond acceptors (Lipinski definition) is 5. The van der Waals surface area contributed by atoms with Gasteiger partial charge < -0.3 is 15.8 Å². The number of hydrogen-bond donors (Lipinski definition) is 2. The van der Waals surface area contributed by atoms with Gasteiger partial charge in [-0.2, -0.15) is 0 Å². The van der Waals surface area contributed by atoms with Crippen LogP contribution in [0.2, 0.25) is 0 Å². The van der Waals surface area contributed by atoms with Crippen molar-refractivity contribution in [3.05, 3.63) is 36.7 Å². The molecule has 0 unspecified atom stereocenters. The molecular weight excluding hydrogens is 246 g/mol. The first-order chi connectivity index (χ1) is 9.28. The van der Waals surface area contributed by atoms with Crippen LogP contribution in [0.5, 0.6) is 5.75 Å². The molecule has 0 saturated carbocycles. The lowest BCUT2D eigenvalue weighted by Crippen LogP contribution is -2.19. The van der Waals surface area contributed by atoms with Gasteiger partial charge in [0.05, 0.1) is 6.20 Å². The number of carbonyl (C=O) groups excluding carboxylic acids is 1. The van der Waals surface area contributed by atoms with Crippen LogP contribution in [0, 0.1) is 0 Å².